The summed E-state index contributed by atoms with van der Waals surface area (Å²) < 4.78 is 9.38. The molecule has 0 saturated carbocycles. The maximum atomic E-state index is 13.7. The first-order valence-corrected chi connectivity index (χ1v) is 10.7. The van der Waals surface area contributed by atoms with Crippen molar-refractivity contribution in [2.45, 2.75) is 32.9 Å². The number of anilines is 1. The molecule has 3 heterocycles. The van der Waals surface area contributed by atoms with Crippen LogP contribution in [0.25, 0.3) is 11.0 Å². The Kier molecular flexibility index (Phi) is 4.70. The molecule has 0 saturated heterocycles. The lowest BCUT2D eigenvalue weighted by molar-refractivity contribution is 0.0989. The van der Waals surface area contributed by atoms with Gasteiger partial charge in [0.25, 0.3) is 5.91 Å². The summed E-state index contributed by atoms with van der Waals surface area (Å²) in [5, 5.41) is 8.94. The molecule has 1 atom stereocenters. The summed E-state index contributed by atoms with van der Waals surface area (Å²) in [6, 6.07) is 11.1. The molecule has 4 aromatic rings. The normalized spacial score (nSPS) is 15.8. The number of fused-ring (bicyclic) bond motifs is 2. The quantitative estimate of drug-likeness (QED) is 0.458. The van der Waals surface area contributed by atoms with Crippen molar-refractivity contribution < 1.29 is 9.53 Å². The fourth-order valence-corrected chi connectivity index (χ4v) is 4.71. The highest BCUT2D eigenvalue weighted by atomic mass is 35.5. The molecule has 1 amide bonds. The van der Waals surface area contributed by atoms with Crippen LogP contribution in [0, 0.1) is 6.92 Å². The number of rotatable bonds is 4. The largest absolute Gasteiger partial charge is 0.494 e. The number of aromatic nitrogens is 5. The Morgan fingerprint density at radius 1 is 1.16 bits per heavy atom. The van der Waals surface area contributed by atoms with E-state index in [-0.39, 0.29) is 18.0 Å². The standard InChI is InChI=1S/C23H23ClN6O2/c1-12(2)29-13(3)25-20-22(29)21(14-6-8-15(24)9-7-14)30(23(20)31)16-10-17-19(18(11-16)32-5)26-27-28(17)4/h6-12,21H,1-5H3. The highest BCUT2D eigenvalue weighted by Crippen LogP contribution is 2.44. The molecule has 0 aliphatic carbocycles. The second-order valence-corrected chi connectivity index (χ2v) is 8.65. The van der Waals surface area contributed by atoms with Gasteiger partial charge in [-0.25, -0.2) is 9.67 Å². The number of amides is 1. The molecule has 2 aromatic carbocycles. The van der Waals surface area contributed by atoms with Gasteiger partial charge >= 0.3 is 0 Å². The van der Waals surface area contributed by atoms with Crippen molar-refractivity contribution in [3.05, 3.63) is 64.2 Å². The maximum Gasteiger partial charge on any atom is 0.279 e. The summed E-state index contributed by atoms with van der Waals surface area (Å²) in [6.07, 6.45) is 0. The Hall–Kier alpha value is -3.39. The van der Waals surface area contributed by atoms with E-state index in [9.17, 15) is 4.79 Å². The number of halogens is 1. The lowest BCUT2D eigenvalue weighted by Crippen LogP contribution is -2.30. The van der Waals surface area contributed by atoms with Crippen molar-refractivity contribution in [3.63, 3.8) is 0 Å². The van der Waals surface area contributed by atoms with Crippen LogP contribution in [0.4, 0.5) is 5.69 Å². The number of hydrogen-bond acceptors (Lipinski definition) is 5. The van der Waals surface area contributed by atoms with Crippen molar-refractivity contribution in [1.29, 1.82) is 0 Å². The summed E-state index contributed by atoms with van der Waals surface area (Å²) in [4.78, 5) is 20.2. The predicted octanol–water partition coefficient (Wildman–Crippen LogP) is 4.47. The Labute approximate surface area is 190 Å². The zero-order chi connectivity index (χ0) is 22.7. The van der Waals surface area contributed by atoms with Gasteiger partial charge in [0.05, 0.1) is 24.0 Å². The molecule has 0 fully saturated rings. The molecule has 8 nitrogen and oxygen atoms in total. The lowest BCUT2D eigenvalue weighted by atomic mass is 10.0. The fraction of sp³-hybridized carbons (Fsp3) is 0.304. The lowest BCUT2D eigenvalue weighted by Gasteiger charge is -2.28. The van der Waals surface area contributed by atoms with Gasteiger partial charge < -0.3 is 9.30 Å². The molecule has 1 aliphatic rings. The molecule has 1 unspecified atom stereocenters. The summed E-state index contributed by atoms with van der Waals surface area (Å²) in [7, 11) is 3.40. The second-order valence-electron chi connectivity index (χ2n) is 8.21. The van der Waals surface area contributed by atoms with Gasteiger partial charge in [-0.15, -0.1) is 5.10 Å². The molecule has 32 heavy (non-hydrogen) atoms. The Morgan fingerprint density at radius 3 is 2.53 bits per heavy atom. The minimum atomic E-state index is -0.360. The number of carbonyl (C=O) groups is 1. The molecule has 0 spiro atoms. The Bertz CT molecular complexity index is 1360. The van der Waals surface area contributed by atoms with Crippen LogP contribution in [-0.4, -0.2) is 37.6 Å². The fourth-order valence-electron chi connectivity index (χ4n) is 4.58. The van der Waals surface area contributed by atoms with Gasteiger partial charge in [-0.05, 0) is 44.5 Å². The molecule has 0 bridgehead atoms. The minimum Gasteiger partial charge on any atom is -0.494 e. The van der Waals surface area contributed by atoms with E-state index in [4.69, 9.17) is 16.3 Å². The van der Waals surface area contributed by atoms with E-state index in [0.717, 1.165) is 22.6 Å². The summed E-state index contributed by atoms with van der Waals surface area (Å²) in [6.45, 7) is 6.13. The molecular weight excluding hydrogens is 428 g/mol. The monoisotopic (exact) mass is 450 g/mol. The number of hydrogen-bond donors (Lipinski definition) is 0. The van der Waals surface area contributed by atoms with Gasteiger partial charge in [0.2, 0.25) is 0 Å². The molecule has 0 radical (unpaired) electrons. The van der Waals surface area contributed by atoms with Crippen LogP contribution in [0.3, 0.4) is 0 Å². The van der Waals surface area contributed by atoms with E-state index in [1.165, 1.54) is 0 Å². The summed E-state index contributed by atoms with van der Waals surface area (Å²) in [5.74, 6) is 1.22. The topological polar surface area (TPSA) is 78.1 Å². The third kappa shape index (κ3) is 2.90. The van der Waals surface area contributed by atoms with Crippen LogP contribution in [0.1, 0.15) is 53.5 Å². The van der Waals surface area contributed by atoms with Crippen LogP contribution in [0.15, 0.2) is 36.4 Å². The predicted molar refractivity (Wildman–Crippen MR) is 123 cm³/mol. The van der Waals surface area contributed by atoms with E-state index < -0.39 is 0 Å². The first-order chi connectivity index (χ1) is 15.3. The van der Waals surface area contributed by atoms with E-state index in [0.29, 0.717) is 27.7 Å². The van der Waals surface area contributed by atoms with Crippen molar-refractivity contribution >= 4 is 34.2 Å². The first kappa shape index (κ1) is 20.5. The van der Waals surface area contributed by atoms with Crippen molar-refractivity contribution in [1.82, 2.24) is 24.5 Å². The summed E-state index contributed by atoms with van der Waals surface area (Å²) in [5.41, 5.74) is 4.41. The zero-order valence-corrected chi connectivity index (χ0v) is 19.3. The summed E-state index contributed by atoms with van der Waals surface area (Å²) >= 11 is 6.17. The highest BCUT2D eigenvalue weighted by Gasteiger charge is 2.44. The molecule has 9 heteroatoms. The average molecular weight is 451 g/mol. The molecule has 0 N–H and O–H groups in total. The van der Waals surface area contributed by atoms with Crippen LogP contribution < -0.4 is 9.64 Å². The number of aryl methyl sites for hydroxylation is 2. The van der Waals surface area contributed by atoms with Gasteiger partial charge in [0.1, 0.15) is 11.9 Å². The number of methoxy groups -OCH3 is 1. The number of carbonyl (C=O) groups excluding carboxylic acids is 1. The third-order valence-corrected chi connectivity index (χ3v) is 6.18. The molecule has 5 rings (SSSR count). The number of nitrogens with zero attached hydrogens (tertiary/aromatic N) is 6. The van der Waals surface area contributed by atoms with E-state index >= 15 is 0 Å². The van der Waals surface area contributed by atoms with Crippen molar-refractivity contribution in [2.24, 2.45) is 7.05 Å². The van der Waals surface area contributed by atoms with Crippen molar-refractivity contribution in [3.8, 4) is 5.75 Å². The first-order valence-electron chi connectivity index (χ1n) is 10.4. The van der Waals surface area contributed by atoms with E-state index in [2.05, 4.69) is 33.7 Å². The SMILES string of the molecule is COc1cc(N2C(=O)c3nc(C)n(C(C)C)c3C2c2ccc(Cl)cc2)cc2c1nnn2C. The van der Waals surface area contributed by atoms with Crippen LogP contribution in [0.2, 0.25) is 5.02 Å². The van der Waals surface area contributed by atoms with Crippen molar-refractivity contribution in [2.75, 3.05) is 12.0 Å². The third-order valence-electron chi connectivity index (χ3n) is 5.93. The zero-order valence-electron chi connectivity index (χ0n) is 18.5. The van der Waals surface area contributed by atoms with Gasteiger partial charge in [-0.2, -0.15) is 0 Å². The smallest absolute Gasteiger partial charge is 0.279 e. The maximum absolute atomic E-state index is 13.7. The Balaban J connectivity index is 1.78. The van der Waals surface area contributed by atoms with E-state index in [1.807, 2.05) is 50.4 Å². The molecule has 2 aromatic heterocycles. The van der Waals surface area contributed by atoms with Crippen LogP contribution in [0.5, 0.6) is 5.75 Å². The van der Waals surface area contributed by atoms with Gasteiger partial charge in [0.15, 0.2) is 17.0 Å². The van der Waals surface area contributed by atoms with Crippen LogP contribution >= 0.6 is 11.6 Å². The molecule has 1 aliphatic heterocycles. The number of imidazole rings is 1. The second kappa shape index (κ2) is 7.34. The highest BCUT2D eigenvalue weighted by molar-refractivity contribution is 6.30. The Morgan fingerprint density at radius 2 is 1.88 bits per heavy atom. The minimum absolute atomic E-state index is 0.145. The average Bonchev–Trinajstić information content (AvgIpc) is 3.39. The number of benzene rings is 2. The van der Waals surface area contributed by atoms with Gasteiger partial charge in [0, 0.05) is 24.2 Å². The van der Waals surface area contributed by atoms with Gasteiger partial charge in [-0.3, -0.25) is 9.69 Å². The molecule has 164 valence electrons. The molecular formula is C23H23ClN6O2. The van der Waals surface area contributed by atoms with Crippen LogP contribution in [-0.2, 0) is 7.05 Å². The van der Waals surface area contributed by atoms with E-state index in [1.54, 1.807) is 16.7 Å². The van der Waals surface area contributed by atoms with Gasteiger partial charge in [-0.1, -0.05) is 28.9 Å². The number of ether oxygens (including phenoxy) is 1.